The van der Waals surface area contributed by atoms with Gasteiger partial charge in [-0.15, -0.1) is 0 Å². The lowest BCUT2D eigenvalue weighted by atomic mass is 10.1. The summed E-state index contributed by atoms with van der Waals surface area (Å²) < 4.78 is 32.1. The molecule has 78 valence electrons. The molecule has 1 unspecified atom stereocenters. The second-order valence-electron chi connectivity index (χ2n) is 2.82. The molecule has 1 atom stereocenters. The zero-order valence-electron chi connectivity index (χ0n) is 7.55. The summed E-state index contributed by atoms with van der Waals surface area (Å²) in [5.41, 5.74) is 4.04. The van der Waals surface area contributed by atoms with Crippen molar-refractivity contribution < 1.29 is 23.0 Å². The number of halogens is 2. The topological polar surface area (TPSA) is 61.5 Å². The van der Waals surface area contributed by atoms with Gasteiger partial charge in [0, 0.05) is 0 Å². The van der Waals surface area contributed by atoms with Crippen LogP contribution in [0.2, 0.25) is 0 Å². The fourth-order valence-electron chi connectivity index (χ4n) is 0.652. The van der Waals surface area contributed by atoms with Gasteiger partial charge in [-0.05, 0) is 6.92 Å². The van der Waals surface area contributed by atoms with Gasteiger partial charge in [0.1, 0.15) is 12.1 Å². The first-order chi connectivity index (χ1) is 5.90. The maximum atomic E-state index is 11.6. The third kappa shape index (κ3) is 4.74. The van der Waals surface area contributed by atoms with Crippen LogP contribution in [0.3, 0.4) is 0 Å². The van der Waals surface area contributed by atoms with E-state index < -0.39 is 24.5 Å². The van der Waals surface area contributed by atoms with Crippen LogP contribution in [0.1, 0.15) is 6.92 Å². The lowest BCUT2D eigenvalue weighted by molar-refractivity contribution is -0.149. The minimum absolute atomic E-state index is 0.288. The maximum Gasteiger partial charge on any atom is 0.327 e. The monoisotopic (exact) mass is 197 g/mol. The van der Waals surface area contributed by atoms with E-state index >= 15 is 0 Å². The summed E-state index contributed by atoms with van der Waals surface area (Å²) in [5, 5.41) is 0. The molecule has 0 aromatic rings. The van der Waals surface area contributed by atoms with Crippen molar-refractivity contribution >= 4 is 5.97 Å². The third-order valence-corrected chi connectivity index (χ3v) is 1.30. The Balaban J connectivity index is 3.82. The van der Waals surface area contributed by atoms with Crippen molar-refractivity contribution in [1.82, 2.24) is 0 Å². The van der Waals surface area contributed by atoms with Crippen LogP contribution in [0, 0.1) is 0 Å². The highest BCUT2D eigenvalue weighted by molar-refractivity contribution is 5.80. The Kier molecular flexibility index (Phi) is 4.79. The highest BCUT2D eigenvalue weighted by Crippen LogP contribution is 2.03. The van der Waals surface area contributed by atoms with Crippen molar-refractivity contribution in [3.63, 3.8) is 0 Å². The fourth-order valence-corrected chi connectivity index (χ4v) is 0.652. The number of nitrogens with two attached hydrogens (primary N) is 1. The van der Waals surface area contributed by atoms with Crippen molar-refractivity contribution in [2.75, 3.05) is 20.3 Å². The molecule has 0 amide bonds. The molecule has 0 aliphatic rings. The molecular formula is C7H13F2NO3. The van der Waals surface area contributed by atoms with Crippen molar-refractivity contribution in [2.24, 2.45) is 5.73 Å². The summed E-state index contributed by atoms with van der Waals surface area (Å²) in [6, 6.07) is 0. The van der Waals surface area contributed by atoms with E-state index in [1.807, 2.05) is 0 Å². The number of methoxy groups -OCH3 is 1. The van der Waals surface area contributed by atoms with Gasteiger partial charge in [0.15, 0.2) is 0 Å². The Labute approximate surface area is 75.0 Å². The number of ether oxygens (including phenoxy) is 2. The van der Waals surface area contributed by atoms with Gasteiger partial charge < -0.3 is 15.2 Å². The smallest absolute Gasteiger partial charge is 0.327 e. The summed E-state index contributed by atoms with van der Waals surface area (Å²) >= 11 is 0. The first kappa shape index (κ1) is 12.2. The van der Waals surface area contributed by atoms with Gasteiger partial charge in [0.2, 0.25) is 0 Å². The standard InChI is InChI=1S/C7H13F2NO3/c1-7(10,6(11)12-2)4-13-3-5(8)9/h5H,3-4,10H2,1-2H3. The Morgan fingerprint density at radius 3 is 2.54 bits per heavy atom. The molecule has 4 nitrogen and oxygen atoms in total. The predicted molar refractivity (Wildman–Crippen MR) is 41.4 cm³/mol. The molecule has 0 saturated carbocycles. The van der Waals surface area contributed by atoms with E-state index in [1.165, 1.54) is 14.0 Å². The Bertz CT molecular complexity index is 173. The van der Waals surface area contributed by atoms with Gasteiger partial charge in [-0.3, -0.25) is 0 Å². The largest absolute Gasteiger partial charge is 0.468 e. The van der Waals surface area contributed by atoms with E-state index in [0.717, 1.165) is 0 Å². The number of esters is 1. The first-order valence-electron chi connectivity index (χ1n) is 3.63. The van der Waals surface area contributed by atoms with Gasteiger partial charge in [-0.2, -0.15) is 0 Å². The van der Waals surface area contributed by atoms with Crippen molar-refractivity contribution in [1.29, 1.82) is 0 Å². The Morgan fingerprint density at radius 1 is 1.62 bits per heavy atom. The SMILES string of the molecule is COC(=O)C(C)(N)COCC(F)F. The minimum atomic E-state index is -2.56. The van der Waals surface area contributed by atoms with Crippen molar-refractivity contribution in [2.45, 2.75) is 18.9 Å². The first-order valence-corrected chi connectivity index (χ1v) is 3.63. The van der Waals surface area contributed by atoms with Crippen LogP contribution >= 0.6 is 0 Å². The number of carbonyl (C=O) groups excluding carboxylic acids is 1. The molecular weight excluding hydrogens is 184 g/mol. The lowest BCUT2D eigenvalue weighted by Crippen LogP contribution is -2.50. The van der Waals surface area contributed by atoms with Gasteiger partial charge >= 0.3 is 5.97 Å². The summed E-state index contributed by atoms with van der Waals surface area (Å²) in [6.45, 7) is 0.331. The van der Waals surface area contributed by atoms with Crippen LogP contribution in [0.5, 0.6) is 0 Å². The fraction of sp³-hybridized carbons (Fsp3) is 0.857. The normalized spacial score (nSPS) is 15.5. The molecule has 0 radical (unpaired) electrons. The molecule has 0 heterocycles. The van der Waals surface area contributed by atoms with Crippen LogP contribution in [-0.2, 0) is 14.3 Å². The summed E-state index contributed by atoms with van der Waals surface area (Å²) in [7, 11) is 1.17. The predicted octanol–water partition coefficient (Wildman–Crippen LogP) is 0.158. The van der Waals surface area contributed by atoms with Crippen LogP contribution in [0.4, 0.5) is 8.78 Å². The van der Waals surface area contributed by atoms with Crippen LogP contribution in [0.15, 0.2) is 0 Å². The van der Waals surface area contributed by atoms with E-state index in [4.69, 9.17) is 5.73 Å². The van der Waals surface area contributed by atoms with E-state index in [1.54, 1.807) is 0 Å². The van der Waals surface area contributed by atoms with Gasteiger partial charge in [0.05, 0.1) is 13.7 Å². The van der Waals surface area contributed by atoms with Gasteiger partial charge in [0.25, 0.3) is 6.43 Å². The lowest BCUT2D eigenvalue weighted by Gasteiger charge is -2.20. The molecule has 0 aliphatic heterocycles. The van der Waals surface area contributed by atoms with Crippen LogP contribution < -0.4 is 5.73 Å². The summed E-state index contributed by atoms with van der Waals surface area (Å²) in [4.78, 5) is 10.9. The molecule has 0 aromatic heterocycles. The number of rotatable bonds is 5. The van der Waals surface area contributed by atoms with Crippen LogP contribution in [0.25, 0.3) is 0 Å². The summed E-state index contributed by atoms with van der Waals surface area (Å²) in [5.74, 6) is -0.693. The molecule has 2 N–H and O–H groups in total. The Hall–Kier alpha value is -0.750. The molecule has 0 bridgehead atoms. The second-order valence-corrected chi connectivity index (χ2v) is 2.82. The molecule has 0 aromatic carbocycles. The van der Waals surface area contributed by atoms with Gasteiger partial charge in [-0.25, -0.2) is 13.6 Å². The molecule has 0 rings (SSSR count). The highest BCUT2D eigenvalue weighted by Gasteiger charge is 2.30. The molecule has 6 heteroatoms. The van der Waals surface area contributed by atoms with Crippen LogP contribution in [-0.4, -0.2) is 38.3 Å². The average Bonchev–Trinajstić information content (AvgIpc) is 2.01. The quantitative estimate of drug-likeness (QED) is 0.638. The molecule has 0 fully saturated rings. The van der Waals surface area contributed by atoms with E-state index in [9.17, 15) is 13.6 Å². The highest BCUT2D eigenvalue weighted by atomic mass is 19.3. The zero-order valence-corrected chi connectivity index (χ0v) is 7.55. The number of carbonyl (C=O) groups is 1. The molecule has 13 heavy (non-hydrogen) atoms. The van der Waals surface area contributed by atoms with Crippen molar-refractivity contribution in [3.05, 3.63) is 0 Å². The van der Waals surface area contributed by atoms with E-state index in [2.05, 4.69) is 9.47 Å². The second kappa shape index (κ2) is 5.08. The molecule has 0 aliphatic carbocycles. The number of alkyl halides is 2. The Morgan fingerprint density at radius 2 is 2.15 bits per heavy atom. The average molecular weight is 197 g/mol. The van der Waals surface area contributed by atoms with Gasteiger partial charge in [-0.1, -0.05) is 0 Å². The van der Waals surface area contributed by atoms with E-state index in [-0.39, 0.29) is 6.61 Å². The number of hydrogen-bond donors (Lipinski definition) is 1. The molecule has 0 spiro atoms. The zero-order chi connectivity index (χ0) is 10.5. The minimum Gasteiger partial charge on any atom is -0.468 e. The number of hydrogen-bond acceptors (Lipinski definition) is 4. The van der Waals surface area contributed by atoms with E-state index in [0.29, 0.717) is 0 Å². The maximum absolute atomic E-state index is 11.6. The third-order valence-electron chi connectivity index (χ3n) is 1.30. The summed E-state index contributed by atoms with van der Waals surface area (Å²) in [6.07, 6.45) is -2.56. The molecule has 0 saturated heterocycles. The van der Waals surface area contributed by atoms with Crippen molar-refractivity contribution in [3.8, 4) is 0 Å².